The van der Waals surface area contributed by atoms with Crippen LogP contribution >= 0.6 is 0 Å². The van der Waals surface area contributed by atoms with Crippen LogP contribution < -0.4 is 9.47 Å². The number of nitrogens with zero attached hydrogens (tertiary/aromatic N) is 1. The van der Waals surface area contributed by atoms with Crippen LogP contribution in [0.25, 0.3) is 0 Å². The highest BCUT2D eigenvalue weighted by molar-refractivity contribution is 5.94. The van der Waals surface area contributed by atoms with Gasteiger partial charge in [0.1, 0.15) is 11.5 Å². The minimum absolute atomic E-state index is 0.0643. The van der Waals surface area contributed by atoms with E-state index < -0.39 is 0 Å². The lowest BCUT2D eigenvalue weighted by Crippen LogP contribution is -2.29. The van der Waals surface area contributed by atoms with Crippen LogP contribution in [-0.4, -0.2) is 37.6 Å². The van der Waals surface area contributed by atoms with Crippen LogP contribution in [0.3, 0.4) is 0 Å². The predicted molar refractivity (Wildman–Crippen MR) is 101 cm³/mol. The standard InChI is InChI=1S/C22H25NO3/c1-14-4-5-17(12-15(14)2)22(24)23(3)9-6-19-18-8-11-25-20(18)13-16-7-10-26-21(16)19/h4-5,12-13H,6-11H2,1-3H3. The number of hydrogen-bond donors (Lipinski definition) is 0. The van der Waals surface area contributed by atoms with Crippen LogP contribution in [-0.2, 0) is 19.3 Å². The van der Waals surface area contributed by atoms with Crippen molar-refractivity contribution < 1.29 is 14.3 Å². The molecule has 0 bridgehead atoms. The van der Waals surface area contributed by atoms with E-state index in [1.807, 2.05) is 32.2 Å². The van der Waals surface area contributed by atoms with E-state index in [2.05, 4.69) is 13.0 Å². The van der Waals surface area contributed by atoms with E-state index in [1.54, 1.807) is 4.90 Å². The van der Waals surface area contributed by atoms with Gasteiger partial charge in [-0.25, -0.2) is 0 Å². The minimum Gasteiger partial charge on any atom is -0.493 e. The van der Waals surface area contributed by atoms with Gasteiger partial charge in [-0.15, -0.1) is 0 Å². The summed E-state index contributed by atoms with van der Waals surface area (Å²) in [4.78, 5) is 14.6. The lowest BCUT2D eigenvalue weighted by Gasteiger charge is -2.20. The Morgan fingerprint density at radius 1 is 1.08 bits per heavy atom. The highest BCUT2D eigenvalue weighted by Crippen LogP contribution is 2.40. The molecule has 0 atom stereocenters. The average molecular weight is 351 g/mol. The second-order valence-electron chi connectivity index (χ2n) is 7.29. The second-order valence-corrected chi connectivity index (χ2v) is 7.29. The molecule has 136 valence electrons. The van der Waals surface area contributed by atoms with E-state index in [0.29, 0.717) is 6.54 Å². The third-order valence-electron chi connectivity index (χ3n) is 5.56. The Labute approximate surface area is 154 Å². The van der Waals surface area contributed by atoms with Gasteiger partial charge < -0.3 is 14.4 Å². The summed E-state index contributed by atoms with van der Waals surface area (Å²) < 4.78 is 11.7. The second kappa shape index (κ2) is 6.67. The first-order chi connectivity index (χ1) is 12.5. The lowest BCUT2D eigenvalue weighted by atomic mass is 9.97. The smallest absolute Gasteiger partial charge is 0.253 e. The summed E-state index contributed by atoms with van der Waals surface area (Å²) in [5, 5.41) is 0. The molecule has 0 aliphatic carbocycles. The highest BCUT2D eigenvalue weighted by atomic mass is 16.5. The van der Waals surface area contributed by atoms with Gasteiger partial charge in [-0.3, -0.25) is 4.79 Å². The number of fused-ring (bicyclic) bond motifs is 2. The summed E-state index contributed by atoms with van der Waals surface area (Å²) in [6.45, 7) is 6.25. The Balaban J connectivity index is 1.52. The largest absolute Gasteiger partial charge is 0.493 e. The first kappa shape index (κ1) is 17.0. The third kappa shape index (κ3) is 2.94. The van der Waals surface area contributed by atoms with Gasteiger partial charge >= 0.3 is 0 Å². The zero-order valence-corrected chi connectivity index (χ0v) is 15.7. The monoisotopic (exact) mass is 351 g/mol. The summed E-state index contributed by atoms with van der Waals surface area (Å²) in [6, 6.07) is 8.04. The van der Waals surface area contributed by atoms with Crippen molar-refractivity contribution in [2.45, 2.75) is 33.1 Å². The van der Waals surface area contributed by atoms with E-state index >= 15 is 0 Å². The van der Waals surface area contributed by atoms with Crippen LogP contribution in [0, 0.1) is 13.8 Å². The fourth-order valence-corrected chi connectivity index (χ4v) is 3.83. The van der Waals surface area contributed by atoms with Gasteiger partial charge in [-0.2, -0.15) is 0 Å². The molecule has 4 rings (SSSR count). The van der Waals surface area contributed by atoms with Crippen LogP contribution in [0.4, 0.5) is 0 Å². The summed E-state index contributed by atoms with van der Waals surface area (Å²) in [5.41, 5.74) is 6.83. The molecule has 2 aliphatic heterocycles. The molecule has 2 aromatic rings. The Morgan fingerprint density at radius 3 is 2.69 bits per heavy atom. The molecule has 0 fully saturated rings. The first-order valence-corrected chi connectivity index (χ1v) is 9.30. The topological polar surface area (TPSA) is 38.8 Å². The molecule has 1 amide bonds. The van der Waals surface area contributed by atoms with Crippen molar-refractivity contribution in [1.29, 1.82) is 0 Å². The van der Waals surface area contributed by atoms with Gasteiger partial charge in [-0.05, 0) is 49.6 Å². The molecule has 2 aliphatic rings. The zero-order chi connectivity index (χ0) is 18.3. The molecule has 0 unspecified atom stereocenters. The number of ether oxygens (including phenoxy) is 2. The maximum absolute atomic E-state index is 12.8. The van der Waals surface area contributed by atoms with Gasteiger partial charge in [0.2, 0.25) is 0 Å². The number of amides is 1. The van der Waals surface area contributed by atoms with Crippen LogP contribution in [0.2, 0.25) is 0 Å². The van der Waals surface area contributed by atoms with Crippen molar-refractivity contribution in [2.75, 3.05) is 26.8 Å². The van der Waals surface area contributed by atoms with E-state index in [1.165, 1.54) is 22.3 Å². The maximum Gasteiger partial charge on any atom is 0.253 e. The summed E-state index contributed by atoms with van der Waals surface area (Å²) in [5.74, 6) is 2.10. The van der Waals surface area contributed by atoms with Crippen molar-refractivity contribution in [2.24, 2.45) is 0 Å². The molecule has 0 aromatic heterocycles. The first-order valence-electron chi connectivity index (χ1n) is 9.30. The number of carbonyl (C=O) groups excluding carboxylic acids is 1. The molecule has 4 heteroatoms. The van der Waals surface area contributed by atoms with Crippen molar-refractivity contribution in [3.05, 3.63) is 57.6 Å². The van der Waals surface area contributed by atoms with Crippen LogP contribution in [0.15, 0.2) is 24.3 Å². The van der Waals surface area contributed by atoms with Crippen LogP contribution in [0.1, 0.15) is 38.2 Å². The third-order valence-corrected chi connectivity index (χ3v) is 5.56. The molecule has 0 saturated heterocycles. The highest BCUT2D eigenvalue weighted by Gasteiger charge is 2.26. The summed E-state index contributed by atoms with van der Waals surface area (Å²) >= 11 is 0. The molecule has 4 nitrogen and oxygen atoms in total. The average Bonchev–Trinajstić information content (AvgIpc) is 3.28. The van der Waals surface area contributed by atoms with Gasteiger partial charge in [0.25, 0.3) is 5.91 Å². The quantitative estimate of drug-likeness (QED) is 0.846. The van der Waals surface area contributed by atoms with E-state index in [-0.39, 0.29) is 5.91 Å². The Bertz CT molecular complexity index is 840. The van der Waals surface area contributed by atoms with E-state index in [0.717, 1.165) is 55.1 Å². The summed E-state index contributed by atoms with van der Waals surface area (Å²) in [6.07, 6.45) is 2.66. The SMILES string of the molecule is Cc1ccc(C(=O)N(C)CCc2c3c(cc4c2OCC4)OCC3)cc1C. The van der Waals surface area contributed by atoms with Gasteiger partial charge in [0.05, 0.1) is 13.2 Å². The number of hydrogen-bond acceptors (Lipinski definition) is 3. The molecule has 0 spiro atoms. The minimum atomic E-state index is 0.0643. The lowest BCUT2D eigenvalue weighted by molar-refractivity contribution is 0.0796. The normalized spacial score (nSPS) is 14.4. The number of rotatable bonds is 4. The molecule has 0 saturated carbocycles. The van der Waals surface area contributed by atoms with Crippen molar-refractivity contribution in [3.63, 3.8) is 0 Å². The van der Waals surface area contributed by atoms with Crippen molar-refractivity contribution in [3.8, 4) is 11.5 Å². The fourth-order valence-electron chi connectivity index (χ4n) is 3.83. The zero-order valence-electron chi connectivity index (χ0n) is 15.7. The number of likely N-dealkylation sites (N-methyl/N-ethyl adjacent to an activating group) is 1. The Hall–Kier alpha value is -2.49. The maximum atomic E-state index is 12.8. The molecule has 2 heterocycles. The van der Waals surface area contributed by atoms with Gasteiger partial charge in [0.15, 0.2) is 0 Å². The Morgan fingerprint density at radius 2 is 1.88 bits per heavy atom. The van der Waals surface area contributed by atoms with Crippen molar-refractivity contribution >= 4 is 5.91 Å². The van der Waals surface area contributed by atoms with Crippen molar-refractivity contribution in [1.82, 2.24) is 4.90 Å². The van der Waals surface area contributed by atoms with Gasteiger partial charge in [-0.1, -0.05) is 6.07 Å². The molecule has 2 aromatic carbocycles. The molecule has 0 radical (unpaired) electrons. The molecule has 26 heavy (non-hydrogen) atoms. The van der Waals surface area contributed by atoms with Crippen LogP contribution in [0.5, 0.6) is 11.5 Å². The predicted octanol–water partition coefficient (Wildman–Crippen LogP) is 3.49. The fraction of sp³-hybridized carbons (Fsp3) is 0.409. The number of aryl methyl sites for hydroxylation is 2. The molecular weight excluding hydrogens is 326 g/mol. The number of carbonyl (C=O) groups is 1. The van der Waals surface area contributed by atoms with Gasteiger partial charge in [0, 0.05) is 48.7 Å². The molecular formula is C22H25NO3. The summed E-state index contributed by atoms with van der Waals surface area (Å²) in [7, 11) is 1.87. The number of benzene rings is 2. The van der Waals surface area contributed by atoms with E-state index in [4.69, 9.17) is 9.47 Å². The Kier molecular flexibility index (Phi) is 4.35. The molecule has 0 N–H and O–H groups in total. The van der Waals surface area contributed by atoms with E-state index in [9.17, 15) is 4.79 Å².